The fourth-order valence-corrected chi connectivity index (χ4v) is 3.91. The standard InChI is InChI=1S/C17H20N2O2.CH4O3S/c1-19-11-6-7-12(19)9-13(8-11)21-17(20)15-10-18-16-5-3-2-4-14(15)16;1-5(2,3)4/h2-5,10-13,18H,6-9H2,1H3;1H3,(H,2,3,4)/t11-,12+,13?;. The van der Waals surface area contributed by atoms with Crippen molar-refractivity contribution in [2.75, 3.05) is 13.3 Å². The van der Waals surface area contributed by atoms with E-state index in [1.165, 1.54) is 12.8 Å². The number of fused-ring (bicyclic) bond motifs is 3. The molecule has 2 N–H and O–H groups in total. The maximum atomic E-state index is 12.4. The van der Waals surface area contributed by atoms with E-state index in [4.69, 9.17) is 9.29 Å². The second kappa shape index (κ2) is 7.38. The van der Waals surface area contributed by atoms with Gasteiger partial charge in [0.2, 0.25) is 0 Å². The maximum Gasteiger partial charge on any atom is 0.340 e. The lowest BCUT2D eigenvalue weighted by atomic mass is 10.0. The lowest BCUT2D eigenvalue weighted by Gasteiger charge is -2.35. The number of nitrogens with one attached hydrogen (secondary N) is 1. The number of hydrogen-bond acceptors (Lipinski definition) is 5. The number of H-pyrrole nitrogens is 1. The summed E-state index contributed by atoms with van der Waals surface area (Å²) in [4.78, 5) is 18.0. The lowest BCUT2D eigenvalue weighted by Crippen LogP contribution is -2.43. The van der Waals surface area contributed by atoms with Crippen molar-refractivity contribution in [3.05, 3.63) is 36.0 Å². The van der Waals surface area contributed by atoms with Gasteiger partial charge >= 0.3 is 5.97 Å². The zero-order valence-corrected chi connectivity index (χ0v) is 15.7. The molecule has 1 unspecified atom stereocenters. The Kier molecular flexibility index (Phi) is 5.36. The molecule has 2 aromatic rings. The quantitative estimate of drug-likeness (QED) is 0.613. The number of aromatic amines is 1. The number of hydrogen-bond donors (Lipinski definition) is 2. The number of benzene rings is 1. The van der Waals surface area contributed by atoms with Crippen molar-refractivity contribution in [3.8, 4) is 0 Å². The summed E-state index contributed by atoms with van der Waals surface area (Å²) < 4.78 is 31.7. The lowest BCUT2D eigenvalue weighted by molar-refractivity contribution is -0.000263. The molecular formula is C18H24N2O5S. The fourth-order valence-electron chi connectivity index (χ4n) is 3.91. The highest BCUT2D eigenvalue weighted by Gasteiger charge is 2.40. The second-order valence-electron chi connectivity index (χ2n) is 7.03. The van der Waals surface area contributed by atoms with E-state index in [-0.39, 0.29) is 12.1 Å². The van der Waals surface area contributed by atoms with Crippen LogP contribution in [0.2, 0.25) is 0 Å². The zero-order chi connectivity index (χ0) is 18.9. The van der Waals surface area contributed by atoms with Crippen molar-refractivity contribution < 1.29 is 22.5 Å². The Balaban J connectivity index is 0.000000349. The Hall–Kier alpha value is -1.90. The molecule has 2 fully saturated rings. The first kappa shape index (κ1) is 18.9. The topological polar surface area (TPSA) is 99.7 Å². The first-order valence-corrected chi connectivity index (χ1v) is 10.5. The van der Waals surface area contributed by atoms with E-state index in [0.717, 1.165) is 23.7 Å². The first-order chi connectivity index (χ1) is 12.2. The third-order valence-electron chi connectivity index (χ3n) is 5.14. The maximum absolute atomic E-state index is 12.4. The van der Waals surface area contributed by atoms with Crippen molar-refractivity contribution in [2.45, 2.75) is 43.9 Å². The molecule has 0 spiro atoms. The molecule has 7 nitrogen and oxygen atoms in total. The van der Waals surface area contributed by atoms with Gasteiger partial charge in [-0.2, -0.15) is 8.42 Å². The highest BCUT2D eigenvalue weighted by Crippen LogP contribution is 2.35. The average Bonchev–Trinajstić information content (AvgIpc) is 3.04. The number of piperidine rings is 1. The van der Waals surface area contributed by atoms with E-state index in [1.54, 1.807) is 6.20 Å². The summed E-state index contributed by atoms with van der Waals surface area (Å²) in [5, 5.41) is 0.943. The van der Waals surface area contributed by atoms with Gasteiger partial charge in [-0.05, 0) is 26.0 Å². The number of nitrogens with zero attached hydrogens (tertiary/aromatic N) is 1. The van der Waals surface area contributed by atoms with E-state index in [9.17, 15) is 13.2 Å². The molecule has 1 aromatic heterocycles. The van der Waals surface area contributed by atoms with Crippen molar-refractivity contribution in [3.63, 3.8) is 0 Å². The van der Waals surface area contributed by atoms with Gasteiger partial charge in [-0.15, -0.1) is 0 Å². The molecule has 0 saturated carbocycles. The van der Waals surface area contributed by atoms with E-state index in [2.05, 4.69) is 16.9 Å². The minimum absolute atomic E-state index is 0.0693. The molecule has 3 heterocycles. The van der Waals surface area contributed by atoms with Gasteiger partial charge in [0.15, 0.2) is 0 Å². The van der Waals surface area contributed by atoms with Crippen LogP contribution >= 0.6 is 0 Å². The van der Waals surface area contributed by atoms with Crippen LogP contribution in [0.25, 0.3) is 10.9 Å². The second-order valence-corrected chi connectivity index (χ2v) is 8.50. The molecule has 3 atom stereocenters. The van der Waals surface area contributed by atoms with Crippen LogP contribution in [0.15, 0.2) is 30.5 Å². The Morgan fingerprint density at radius 1 is 1.23 bits per heavy atom. The largest absolute Gasteiger partial charge is 0.459 e. The van der Waals surface area contributed by atoms with Crippen LogP contribution in [0.1, 0.15) is 36.0 Å². The first-order valence-electron chi connectivity index (χ1n) is 8.64. The molecule has 0 amide bonds. The molecule has 142 valence electrons. The number of esters is 1. The van der Waals surface area contributed by atoms with Crippen molar-refractivity contribution in [1.82, 2.24) is 9.88 Å². The normalized spacial score (nSPS) is 25.6. The highest BCUT2D eigenvalue weighted by molar-refractivity contribution is 7.85. The van der Waals surface area contributed by atoms with Gasteiger partial charge in [-0.25, -0.2) is 4.79 Å². The monoisotopic (exact) mass is 380 g/mol. The molecule has 8 heteroatoms. The zero-order valence-electron chi connectivity index (χ0n) is 14.9. The number of carbonyl (C=O) groups is 1. The minimum atomic E-state index is -3.67. The van der Waals surface area contributed by atoms with Crippen LogP contribution < -0.4 is 0 Å². The van der Waals surface area contributed by atoms with Gasteiger partial charge in [0.05, 0.1) is 11.8 Å². The molecule has 2 saturated heterocycles. The smallest absolute Gasteiger partial charge is 0.340 e. The molecular weight excluding hydrogens is 356 g/mol. The van der Waals surface area contributed by atoms with E-state index in [1.807, 2.05) is 24.3 Å². The third-order valence-corrected chi connectivity index (χ3v) is 5.14. The average molecular weight is 380 g/mol. The van der Waals surface area contributed by atoms with Crippen molar-refractivity contribution >= 4 is 27.0 Å². The summed E-state index contributed by atoms with van der Waals surface area (Å²) in [6, 6.07) is 9.02. The van der Waals surface area contributed by atoms with Gasteiger partial charge in [0, 0.05) is 42.0 Å². The number of ether oxygens (including phenoxy) is 1. The predicted octanol–water partition coefficient (Wildman–Crippen LogP) is 2.45. The molecule has 1 aromatic carbocycles. The van der Waals surface area contributed by atoms with Crippen molar-refractivity contribution in [1.29, 1.82) is 0 Å². The SMILES string of the molecule is CN1[C@@H]2CC[C@H]1CC(OC(=O)c1c[nH]c3ccccc13)C2.CS(=O)(=O)O. The fraction of sp³-hybridized carbons (Fsp3) is 0.500. The van der Waals surface area contributed by atoms with Gasteiger partial charge in [0.25, 0.3) is 10.1 Å². The molecule has 2 aliphatic heterocycles. The number of carbonyl (C=O) groups excluding carboxylic acids is 1. The highest BCUT2D eigenvalue weighted by atomic mass is 32.2. The Labute approximate surface area is 153 Å². The summed E-state index contributed by atoms with van der Waals surface area (Å²) in [7, 11) is -1.47. The van der Waals surface area contributed by atoms with E-state index >= 15 is 0 Å². The minimum Gasteiger partial charge on any atom is -0.459 e. The van der Waals surface area contributed by atoms with Crippen LogP contribution in [0, 0.1) is 0 Å². The van der Waals surface area contributed by atoms with Crippen LogP contribution in [-0.2, 0) is 14.9 Å². The summed E-state index contributed by atoms with van der Waals surface area (Å²) in [6.45, 7) is 0. The van der Waals surface area contributed by atoms with Crippen LogP contribution in [-0.4, -0.2) is 60.3 Å². The third kappa shape index (κ3) is 4.44. The van der Waals surface area contributed by atoms with Crippen LogP contribution in [0.3, 0.4) is 0 Å². The molecule has 2 bridgehead atoms. The molecule has 26 heavy (non-hydrogen) atoms. The Morgan fingerprint density at radius 3 is 2.42 bits per heavy atom. The summed E-state index contributed by atoms with van der Waals surface area (Å²) >= 11 is 0. The molecule has 0 aliphatic carbocycles. The van der Waals surface area contributed by atoms with Crippen LogP contribution in [0.5, 0.6) is 0 Å². The molecule has 4 rings (SSSR count). The predicted molar refractivity (Wildman–Crippen MR) is 98.8 cm³/mol. The molecule has 2 aliphatic rings. The number of para-hydroxylation sites is 1. The van der Waals surface area contributed by atoms with Gasteiger partial charge in [-0.3, -0.25) is 4.55 Å². The van der Waals surface area contributed by atoms with E-state index < -0.39 is 10.1 Å². The number of rotatable bonds is 2. The summed E-state index contributed by atoms with van der Waals surface area (Å²) in [5.41, 5.74) is 1.63. The summed E-state index contributed by atoms with van der Waals surface area (Å²) in [5.74, 6) is -0.193. The van der Waals surface area contributed by atoms with Crippen molar-refractivity contribution in [2.24, 2.45) is 0 Å². The van der Waals surface area contributed by atoms with Crippen LogP contribution in [0.4, 0.5) is 0 Å². The van der Waals surface area contributed by atoms with Gasteiger partial charge in [-0.1, -0.05) is 18.2 Å². The summed E-state index contributed by atoms with van der Waals surface area (Å²) in [6.07, 6.45) is 6.97. The van der Waals surface area contributed by atoms with Gasteiger partial charge in [0.1, 0.15) is 6.10 Å². The Morgan fingerprint density at radius 2 is 1.81 bits per heavy atom. The Bertz CT molecular complexity index is 870. The van der Waals surface area contributed by atoms with Gasteiger partial charge < -0.3 is 14.6 Å². The molecule has 0 radical (unpaired) electrons. The number of aromatic nitrogens is 1. The van der Waals surface area contributed by atoms with E-state index in [0.29, 0.717) is 23.9 Å².